The van der Waals surface area contributed by atoms with Crippen molar-refractivity contribution in [1.82, 2.24) is 0 Å². The Kier molecular flexibility index (Phi) is 4.74. The van der Waals surface area contributed by atoms with Gasteiger partial charge in [-0.1, -0.05) is 42.5 Å². The van der Waals surface area contributed by atoms with E-state index in [1.165, 1.54) is 7.11 Å². The van der Waals surface area contributed by atoms with E-state index in [4.69, 9.17) is 4.74 Å². The van der Waals surface area contributed by atoms with Gasteiger partial charge in [-0.2, -0.15) is 0 Å². The van der Waals surface area contributed by atoms with Gasteiger partial charge in [0, 0.05) is 5.69 Å². The largest absolute Gasteiger partial charge is 0.465 e. The summed E-state index contributed by atoms with van der Waals surface area (Å²) in [5.41, 5.74) is 2.04. The van der Waals surface area contributed by atoms with Gasteiger partial charge in [-0.3, -0.25) is 0 Å². The molecule has 0 aliphatic carbocycles. The summed E-state index contributed by atoms with van der Waals surface area (Å²) in [5, 5.41) is 12.7. The van der Waals surface area contributed by atoms with Crippen molar-refractivity contribution in [2.45, 2.75) is 6.04 Å². The van der Waals surface area contributed by atoms with Gasteiger partial charge < -0.3 is 15.2 Å². The zero-order valence-electron chi connectivity index (χ0n) is 11.2. The molecule has 0 fully saturated rings. The number of methoxy groups -OCH3 is 1. The fourth-order valence-electron chi connectivity index (χ4n) is 2.00. The summed E-state index contributed by atoms with van der Waals surface area (Å²) in [6, 6.07) is 16.4. The number of rotatable bonds is 5. The van der Waals surface area contributed by atoms with Crippen LogP contribution in [0.4, 0.5) is 5.69 Å². The van der Waals surface area contributed by atoms with Gasteiger partial charge in [-0.05, 0) is 17.7 Å². The molecule has 4 heteroatoms. The van der Waals surface area contributed by atoms with Crippen molar-refractivity contribution in [1.29, 1.82) is 0 Å². The summed E-state index contributed by atoms with van der Waals surface area (Å²) in [5.74, 6) is -0.405. The Labute approximate surface area is 118 Å². The molecule has 0 aliphatic rings. The molecule has 4 nitrogen and oxygen atoms in total. The maximum Gasteiger partial charge on any atom is 0.339 e. The van der Waals surface area contributed by atoms with Gasteiger partial charge in [0.25, 0.3) is 0 Å². The first-order valence-corrected chi connectivity index (χ1v) is 6.36. The zero-order chi connectivity index (χ0) is 14.4. The highest BCUT2D eigenvalue weighted by atomic mass is 16.5. The molecule has 2 rings (SSSR count). The van der Waals surface area contributed by atoms with Gasteiger partial charge in [0.2, 0.25) is 0 Å². The Morgan fingerprint density at radius 1 is 1.15 bits per heavy atom. The third-order valence-electron chi connectivity index (χ3n) is 3.05. The molecular formula is C16H17NO3. The second-order valence-electron chi connectivity index (χ2n) is 4.33. The second-order valence-corrected chi connectivity index (χ2v) is 4.33. The second kappa shape index (κ2) is 6.73. The van der Waals surface area contributed by atoms with Crippen molar-refractivity contribution in [2.75, 3.05) is 19.0 Å². The molecule has 0 aliphatic heterocycles. The molecule has 0 amide bonds. The number of benzene rings is 2. The Morgan fingerprint density at radius 2 is 1.80 bits per heavy atom. The third kappa shape index (κ3) is 3.16. The molecule has 0 saturated heterocycles. The number of anilines is 1. The predicted molar refractivity (Wildman–Crippen MR) is 77.7 cm³/mol. The third-order valence-corrected chi connectivity index (χ3v) is 3.05. The minimum Gasteiger partial charge on any atom is -0.465 e. The summed E-state index contributed by atoms with van der Waals surface area (Å²) in [7, 11) is 1.35. The SMILES string of the molecule is COC(=O)c1ccccc1NC(CO)c1ccccc1. The number of para-hydroxylation sites is 1. The number of esters is 1. The Bertz CT molecular complexity index is 569. The first-order chi connectivity index (χ1) is 9.76. The van der Waals surface area contributed by atoms with Crippen LogP contribution in [0, 0.1) is 0 Å². The van der Waals surface area contributed by atoms with E-state index in [1.807, 2.05) is 36.4 Å². The van der Waals surface area contributed by atoms with Gasteiger partial charge in [-0.15, -0.1) is 0 Å². The van der Waals surface area contributed by atoms with Crippen molar-refractivity contribution in [3.8, 4) is 0 Å². The minimum absolute atomic E-state index is 0.0699. The Hall–Kier alpha value is -2.33. The standard InChI is InChI=1S/C16H17NO3/c1-20-16(19)13-9-5-6-10-14(13)17-15(11-18)12-7-3-2-4-8-12/h2-10,15,17-18H,11H2,1H3. The van der Waals surface area contributed by atoms with E-state index in [-0.39, 0.29) is 12.6 Å². The molecular weight excluding hydrogens is 254 g/mol. The fraction of sp³-hybridized carbons (Fsp3) is 0.188. The maximum atomic E-state index is 11.7. The van der Waals surface area contributed by atoms with Crippen LogP contribution in [0.2, 0.25) is 0 Å². The van der Waals surface area contributed by atoms with Crippen LogP contribution in [0.3, 0.4) is 0 Å². The van der Waals surface area contributed by atoms with E-state index in [0.29, 0.717) is 11.3 Å². The number of carbonyl (C=O) groups excluding carboxylic acids is 1. The molecule has 0 heterocycles. The number of ether oxygens (including phenoxy) is 1. The number of aliphatic hydroxyl groups excluding tert-OH is 1. The monoisotopic (exact) mass is 271 g/mol. The van der Waals surface area contributed by atoms with Crippen LogP contribution in [0.15, 0.2) is 54.6 Å². The Morgan fingerprint density at radius 3 is 2.45 bits per heavy atom. The lowest BCUT2D eigenvalue weighted by molar-refractivity contribution is 0.0601. The molecule has 0 bridgehead atoms. The highest BCUT2D eigenvalue weighted by Gasteiger charge is 2.15. The molecule has 104 valence electrons. The van der Waals surface area contributed by atoms with Gasteiger partial charge in [0.1, 0.15) is 0 Å². The molecule has 2 N–H and O–H groups in total. The van der Waals surface area contributed by atoms with E-state index < -0.39 is 5.97 Å². The van der Waals surface area contributed by atoms with E-state index in [1.54, 1.807) is 18.2 Å². The number of carbonyl (C=O) groups is 1. The highest BCUT2D eigenvalue weighted by molar-refractivity contribution is 5.95. The number of hydrogen-bond acceptors (Lipinski definition) is 4. The molecule has 1 atom stereocenters. The average Bonchev–Trinajstić information content (AvgIpc) is 2.53. The zero-order valence-corrected chi connectivity index (χ0v) is 11.2. The van der Waals surface area contributed by atoms with Crippen LogP contribution in [-0.2, 0) is 4.74 Å². The van der Waals surface area contributed by atoms with E-state index in [2.05, 4.69) is 5.32 Å². The van der Waals surface area contributed by atoms with Gasteiger partial charge >= 0.3 is 5.97 Å². The van der Waals surface area contributed by atoms with Crippen LogP contribution in [0.5, 0.6) is 0 Å². The lowest BCUT2D eigenvalue weighted by atomic mass is 10.1. The topological polar surface area (TPSA) is 58.6 Å². The molecule has 0 saturated carbocycles. The van der Waals surface area contributed by atoms with Gasteiger partial charge in [0.05, 0.1) is 25.3 Å². The van der Waals surface area contributed by atoms with Crippen LogP contribution in [0.1, 0.15) is 22.0 Å². The number of nitrogens with one attached hydrogen (secondary N) is 1. The molecule has 1 unspecified atom stereocenters. The smallest absolute Gasteiger partial charge is 0.339 e. The summed E-state index contributed by atoms with van der Waals surface area (Å²) >= 11 is 0. The highest BCUT2D eigenvalue weighted by Crippen LogP contribution is 2.23. The van der Waals surface area contributed by atoms with Crippen LogP contribution < -0.4 is 5.32 Å². The molecule has 20 heavy (non-hydrogen) atoms. The van der Waals surface area contributed by atoms with E-state index in [0.717, 1.165) is 5.56 Å². The summed E-state index contributed by atoms with van der Waals surface area (Å²) in [4.78, 5) is 11.7. The van der Waals surface area contributed by atoms with Crippen LogP contribution in [-0.4, -0.2) is 24.8 Å². The molecule has 2 aromatic rings. The lowest BCUT2D eigenvalue weighted by Crippen LogP contribution is -2.17. The van der Waals surface area contributed by atoms with Crippen molar-refractivity contribution >= 4 is 11.7 Å². The van der Waals surface area contributed by atoms with Gasteiger partial charge in [-0.25, -0.2) is 4.79 Å². The summed E-state index contributed by atoms with van der Waals surface area (Å²) < 4.78 is 4.76. The van der Waals surface area contributed by atoms with Crippen LogP contribution >= 0.6 is 0 Å². The molecule has 2 aromatic carbocycles. The summed E-state index contributed by atoms with van der Waals surface area (Å²) in [6.07, 6.45) is 0. The van der Waals surface area contributed by atoms with E-state index in [9.17, 15) is 9.90 Å². The first-order valence-electron chi connectivity index (χ1n) is 6.36. The normalized spacial score (nSPS) is 11.7. The predicted octanol–water partition coefficient (Wildman–Crippen LogP) is 2.62. The summed E-state index contributed by atoms with van der Waals surface area (Å²) in [6.45, 7) is -0.0699. The average molecular weight is 271 g/mol. The molecule has 0 radical (unpaired) electrons. The quantitative estimate of drug-likeness (QED) is 0.821. The van der Waals surface area contributed by atoms with Crippen molar-refractivity contribution in [3.63, 3.8) is 0 Å². The first kappa shape index (κ1) is 14.1. The van der Waals surface area contributed by atoms with Crippen molar-refractivity contribution in [3.05, 3.63) is 65.7 Å². The fourth-order valence-corrected chi connectivity index (χ4v) is 2.00. The van der Waals surface area contributed by atoms with Crippen molar-refractivity contribution < 1.29 is 14.6 Å². The van der Waals surface area contributed by atoms with Gasteiger partial charge in [0.15, 0.2) is 0 Å². The van der Waals surface area contributed by atoms with E-state index >= 15 is 0 Å². The maximum absolute atomic E-state index is 11.7. The molecule has 0 aromatic heterocycles. The lowest BCUT2D eigenvalue weighted by Gasteiger charge is -2.19. The number of aliphatic hydroxyl groups is 1. The minimum atomic E-state index is -0.405. The Balaban J connectivity index is 2.26. The van der Waals surface area contributed by atoms with Crippen molar-refractivity contribution in [2.24, 2.45) is 0 Å². The number of hydrogen-bond donors (Lipinski definition) is 2. The molecule has 0 spiro atoms. The van der Waals surface area contributed by atoms with Crippen LogP contribution in [0.25, 0.3) is 0 Å².